The van der Waals surface area contributed by atoms with Crippen molar-refractivity contribution in [2.75, 3.05) is 25.0 Å². The molecule has 0 bridgehead atoms. The molecule has 23 heavy (non-hydrogen) atoms. The van der Waals surface area contributed by atoms with E-state index in [1.54, 1.807) is 36.9 Å². The molecule has 0 aromatic heterocycles. The molecule has 1 atom stereocenters. The van der Waals surface area contributed by atoms with Gasteiger partial charge < -0.3 is 15.3 Å². The largest absolute Gasteiger partial charge is 0.396 e. The van der Waals surface area contributed by atoms with Crippen LogP contribution in [0.2, 0.25) is 5.02 Å². The fourth-order valence-electron chi connectivity index (χ4n) is 2.62. The van der Waals surface area contributed by atoms with Crippen molar-refractivity contribution in [3.05, 3.63) is 28.8 Å². The Kier molecular flexibility index (Phi) is 6.02. The Hall–Kier alpha value is -1.59. The van der Waals surface area contributed by atoms with Crippen LogP contribution < -0.4 is 5.32 Å². The topological polar surface area (TPSA) is 69.6 Å². The van der Waals surface area contributed by atoms with Crippen LogP contribution in [0.1, 0.15) is 37.0 Å². The van der Waals surface area contributed by atoms with Gasteiger partial charge >= 0.3 is 0 Å². The first-order valence-corrected chi connectivity index (χ1v) is 8.30. The number of carbonyl (C=O) groups excluding carboxylic acids is 2. The van der Waals surface area contributed by atoms with Crippen LogP contribution in [0.25, 0.3) is 0 Å². The summed E-state index contributed by atoms with van der Waals surface area (Å²) in [6, 6.07) is 4.93. The monoisotopic (exact) mass is 338 g/mol. The molecule has 0 saturated carbocycles. The molecule has 1 aliphatic heterocycles. The number of aliphatic hydroxyl groups excluding tert-OH is 1. The number of carbonyl (C=O) groups is 2. The van der Waals surface area contributed by atoms with Gasteiger partial charge in [-0.3, -0.25) is 9.59 Å². The molecule has 1 aliphatic rings. The van der Waals surface area contributed by atoms with Crippen LogP contribution in [0.15, 0.2) is 18.2 Å². The Bertz CT molecular complexity index is 589. The molecule has 126 valence electrons. The Morgan fingerprint density at radius 3 is 2.83 bits per heavy atom. The van der Waals surface area contributed by atoms with E-state index in [4.69, 9.17) is 11.6 Å². The summed E-state index contributed by atoms with van der Waals surface area (Å²) in [5.41, 5.74) is 0.944. The average molecular weight is 339 g/mol. The number of amides is 2. The van der Waals surface area contributed by atoms with Crippen LogP contribution in [0.4, 0.5) is 5.69 Å². The number of hydrogen-bond donors (Lipinski definition) is 2. The quantitative estimate of drug-likeness (QED) is 0.887. The van der Waals surface area contributed by atoms with E-state index >= 15 is 0 Å². The molecule has 2 rings (SSSR count). The van der Waals surface area contributed by atoms with E-state index in [1.165, 1.54) is 0 Å². The van der Waals surface area contributed by atoms with Gasteiger partial charge in [0.1, 0.15) is 0 Å². The highest BCUT2D eigenvalue weighted by Gasteiger charge is 2.25. The van der Waals surface area contributed by atoms with Crippen LogP contribution in [-0.4, -0.2) is 41.5 Å². The first-order valence-electron chi connectivity index (χ1n) is 7.93. The van der Waals surface area contributed by atoms with Gasteiger partial charge in [-0.1, -0.05) is 25.4 Å². The number of anilines is 1. The number of nitrogens with zero attached hydrogens (tertiary/aromatic N) is 1. The van der Waals surface area contributed by atoms with Gasteiger partial charge in [0.2, 0.25) is 5.91 Å². The molecule has 2 amide bonds. The van der Waals surface area contributed by atoms with Crippen LogP contribution in [0.3, 0.4) is 0 Å². The number of aliphatic hydroxyl groups is 1. The molecule has 0 radical (unpaired) electrons. The first kappa shape index (κ1) is 17.8. The van der Waals surface area contributed by atoms with Crippen molar-refractivity contribution in [3.63, 3.8) is 0 Å². The highest BCUT2D eigenvalue weighted by Crippen LogP contribution is 2.25. The summed E-state index contributed by atoms with van der Waals surface area (Å²) in [6.07, 6.45) is 1.80. The molecule has 1 fully saturated rings. The van der Waals surface area contributed by atoms with Crippen molar-refractivity contribution in [3.8, 4) is 0 Å². The first-order chi connectivity index (χ1) is 10.9. The lowest BCUT2D eigenvalue weighted by Gasteiger charge is -2.32. The van der Waals surface area contributed by atoms with Crippen molar-refractivity contribution < 1.29 is 14.7 Å². The molecule has 1 aromatic carbocycles. The molecule has 0 aliphatic carbocycles. The molecular weight excluding hydrogens is 316 g/mol. The van der Waals surface area contributed by atoms with Crippen LogP contribution in [-0.2, 0) is 4.79 Å². The van der Waals surface area contributed by atoms with E-state index in [2.05, 4.69) is 5.32 Å². The molecule has 0 spiro atoms. The van der Waals surface area contributed by atoms with Crippen molar-refractivity contribution in [1.29, 1.82) is 0 Å². The summed E-state index contributed by atoms with van der Waals surface area (Å²) in [7, 11) is 0. The highest BCUT2D eigenvalue weighted by atomic mass is 35.5. The maximum Gasteiger partial charge on any atom is 0.255 e. The van der Waals surface area contributed by atoms with Crippen LogP contribution in [0, 0.1) is 11.8 Å². The van der Waals surface area contributed by atoms with Crippen molar-refractivity contribution >= 4 is 29.1 Å². The fraction of sp³-hybridized carbons (Fsp3) is 0.529. The van der Waals surface area contributed by atoms with E-state index in [-0.39, 0.29) is 30.3 Å². The summed E-state index contributed by atoms with van der Waals surface area (Å²) in [5, 5.41) is 12.4. The van der Waals surface area contributed by atoms with Crippen molar-refractivity contribution in [2.45, 2.75) is 26.7 Å². The Morgan fingerprint density at radius 2 is 2.17 bits per heavy atom. The molecule has 1 unspecified atom stereocenters. The standard InChI is InChI=1S/C17H23ClN2O3/c1-11(2)16(22)19-13-5-6-15(18)14(8-13)17(23)20-7-3-4-12(9-20)10-21/h5-6,8,11-12,21H,3-4,7,9-10H2,1-2H3,(H,19,22). The zero-order valence-corrected chi connectivity index (χ0v) is 14.3. The Morgan fingerprint density at radius 1 is 1.43 bits per heavy atom. The second kappa shape index (κ2) is 7.79. The fourth-order valence-corrected chi connectivity index (χ4v) is 2.82. The molecule has 1 heterocycles. The zero-order valence-electron chi connectivity index (χ0n) is 13.5. The lowest BCUT2D eigenvalue weighted by molar-refractivity contribution is -0.118. The van der Waals surface area contributed by atoms with Gasteiger partial charge in [0, 0.05) is 31.3 Å². The second-order valence-electron chi connectivity index (χ2n) is 6.28. The third-order valence-corrected chi connectivity index (χ3v) is 4.38. The molecule has 1 saturated heterocycles. The number of rotatable bonds is 4. The predicted molar refractivity (Wildman–Crippen MR) is 90.6 cm³/mol. The minimum absolute atomic E-state index is 0.0853. The smallest absolute Gasteiger partial charge is 0.255 e. The summed E-state index contributed by atoms with van der Waals surface area (Å²) < 4.78 is 0. The van der Waals surface area contributed by atoms with E-state index in [9.17, 15) is 14.7 Å². The number of halogens is 1. The molecule has 2 N–H and O–H groups in total. The van der Waals surface area contributed by atoms with Gasteiger partial charge in [-0.25, -0.2) is 0 Å². The summed E-state index contributed by atoms with van der Waals surface area (Å²) in [6.45, 7) is 4.89. The minimum atomic E-state index is -0.159. The third-order valence-electron chi connectivity index (χ3n) is 4.05. The van der Waals surface area contributed by atoms with Gasteiger partial charge in [0.25, 0.3) is 5.91 Å². The summed E-state index contributed by atoms with van der Waals surface area (Å²) in [5.74, 6) is -0.287. The average Bonchev–Trinajstić information content (AvgIpc) is 2.55. The Balaban J connectivity index is 2.17. The number of nitrogens with one attached hydrogen (secondary N) is 1. The van der Waals surface area contributed by atoms with Crippen LogP contribution in [0.5, 0.6) is 0 Å². The Labute approximate surface area is 141 Å². The van der Waals surface area contributed by atoms with E-state index in [0.29, 0.717) is 29.4 Å². The molecular formula is C17H23ClN2O3. The van der Waals surface area contributed by atoms with Gasteiger partial charge in [-0.15, -0.1) is 0 Å². The lowest BCUT2D eigenvalue weighted by atomic mass is 9.98. The zero-order chi connectivity index (χ0) is 17.0. The molecule has 1 aromatic rings. The molecule has 5 nitrogen and oxygen atoms in total. The van der Waals surface area contributed by atoms with Crippen molar-refractivity contribution in [2.24, 2.45) is 11.8 Å². The summed E-state index contributed by atoms with van der Waals surface area (Å²) in [4.78, 5) is 26.2. The van der Waals surface area contributed by atoms with E-state index < -0.39 is 0 Å². The van der Waals surface area contributed by atoms with Gasteiger partial charge in [0.15, 0.2) is 0 Å². The van der Waals surface area contributed by atoms with E-state index in [0.717, 1.165) is 12.8 Å². The maximum atomic E-state index is 12.7. The second-order valence-corrected chi connectivity index (χ2v) is 6.69. The van der Waals surface area contributed by atoms with Gasteiger partial charge in [0.05, 0.1) is 10.6 Å². The number of piperidine rings is 1. The van der Waals surface area contributed by atoms with Crippen molar-refractivity contribution in [1.82, 2.24) is 4.90 Å². The SMILES string of the molecule is CC(C)C(=O)Nc1ccc(Cl)c(C(=O)N2CCCC(CO)C2)c1. The lowest BCUT2D eigenvalue weighted by Crippen LogP contribution is -2.41. The number of hydrogen-bond acceptors (Lipinski definition) is 3. The van der Waals surface area contributed by atoms with E-state index in [1.807, 2.05) is 0 Å². The maximum absolute atomic E-state index is 12.7. The number of likely N-dealkylation sites (tertiary alicyclic amines) is 1. The van der Waals surface area contributed by atoms with Gasteiger partial charge in [-0.05, 0) is 37.0 Å². The molecule has 6 heteroatoms. The normalized spacial score (nSPS) is 18.1. The summed E-state index contributed by atoms with van der Waals surface area (Å²) >= 11 is 6.17. The highest BCUT2D eigenvalue weighted by molar-refractivity contribution is 6.34. The van der Waals surface area contributed by atoms with Crippen LogP contribution >= 0.6 is 11.6 Å². The minimum Gasteiger partial charge on any atom is -0.396 e. The third kappa shape index (κ3) is 4.45. The van der Waals surface area contributed by atoms with Gasteiger partial charge in [-0.2, -0.15) is 0 Å². The number of benzene rings is 1. The predicted octanol–water partition coefficient (Wildman–Crippen LogP) is 2.78.